The van der Waals surface area contributed by atoms with E-state index in [1.807, 2.05) is 18.2 Å². The Morgan fingerprint density at radius 2 is 1.75 bits per heavy atom. The molecule has 1 aromatic carbocycles. The molecule has 0 aliphatic heterocycles. The Labute approximate surface area is 123 Å². The molecule has 4 nitrogen and oxygen atoms in total. The molecule has 0 saturated heterocycles. The van der Waals surface area contributed by atoms with Crippen LogP contribution in [0.3, 0.4) is 0 Å². The van der Waals surface area contributed by atoms with Gasteiger partial charge in [0.25, 0.3) is 0 Å². The number of para-hydroxylation sites is 1. The van der Waals surface area contributed by atoms with Gasteiger partial charge in [0.2, 0.25) is 0 Å². The van der Waals surface area contributed by atoms with Gasteiger partial charge in [0.15, 0.2) is 0 Å². The Morgan fingerprint density at radius 1 is 1.05 bits per heavy atom. The van der Waals surface area contributed by atoms with Crippen molar-refractivity contribution in [1.29, 1.82) is 0 Å². The number of anilines is 1. The summed E-state index contributed by atoms with van der Waals surface area (Å²) in [6.07, 6.45) is 0. The summed E-state index contributed by atoms with van der Waals surface area (Å²) in [5, 5.41) is 3.47. The van der Waals surface area contributed by atoms with Crippen LogP contribution in [-0.2, 0) is 9.47 Å². The maximum Gasteiger partial charge on any atom is 0.0615 e. The van der Waals surface area contributed by atoms with E-state index < -0.39 is 0 Å². The van der Waals surface area contributed by atoms with Crippen molar-refractivity contribution in [3.8, 4) is 0 Å². The predicted molar refractivity (Wildman–Crippen MR) is 84.3 cm³/mol. The van der Waals surface area contributed by atoms with E-state index in [-0.39, 0.29) is 0 Å². The van der Waals surface area contributed by atoms with Gasteiger partial charge in [-0.2, -0.15) is 0 Å². The molecular weight excluding hydrogens is 252 g/mol. The van der Waals surface area contributed by atoms with Crippen molar-refractivity contribution in [3.05, 3.63) is 30.3 Å². The fourth-order valence-corrected chi connectivity index (χ4v) is 2.35. The van der Waals surface area contributed by atoms with E-state index >= 15 is 0 Å². The van der Waals surface area contributed by atoms with E-state index in [1.165, 1.54) is 0 Å². The predicted octanol–water partition coefficient (Wildman–Crippen LogP) is 2.47. The van der Waals surface area contributed by atoms with Crippen molar-refractivity contribution in [2.45, 2.75) is 25.9 Å². The average Bonchev–Trinajstić information content (AvgIpc) is 2.47. The molecule has 0 saturated carbocycles. The second-order valence-electron chi connectivity index (χ2n) is 5.13. The van der Waals surface area contributed by atoms with Gasteiger partial charge in [-0.05, 0) is 26.0 Å². The Bertz CT molecular complexity index is 346. The van der Waals surface area contributed by atoms with Crippen LogP contribution in [0.15, 0.2) is 30.3 Å². The fraction of sp³-hybridized carbons (Fsp3) is 0.625. The molecule has 0 radical (unpaired) electrons. The maximum atomic E-state index is 5.27. The molecule has 0 bridgehead atoms. The molecule has 0 fully saturated rings. The van der Waals surface area contributed by atoms with E-state index in [2.05, 4.69) is 36.2 Å². The second-order valence-corrected chi connectivity index (χ2v) is 5.13. The maximum absolute atomic E-state index is 5.27. The lowest BCUT2D eigenvalue weighted by Crippen LogP contribution is -2.47. The Balaban J connectivity index is 2.51. The molecule has 1 N–H and O–H groups in total. The van der Waals surface area contributed by atoms with Crippen LogP contribution < -0.4 is 5.32 Å². The second kappa shape index (κ2) is 9.75. The molecule has 20 heavy (non-hydrogen) atoms. The smallest absolute Gasteiger partial charge is 0.0615 e. The van der Waals surface area contributed by atoms with Crippen LogP contribution in [0.4, 0.5) is 5.69 Å². The molecule has 0 spiro atoms. The zero-order chi connectivity index (χ0) is 14.8. The third-order valence-corrected chi connectivity index (χ3v) is 3.47. The number of ether oxygens (including phenoxy) is 2. The lowest BCUT2D eigenvalue weighted by Gasteiger charge is -2.34. The van der Waals surface area contributed by atoms with Gasteiger partial charge in [-0.3, -0.25) is 4.90 Å². The van der Waals surface area contributed by atoms with Crippen molar-refractivity contribution in [2.75, 3.05) is 45.8 Å². The highest BCUT2D eigenvalue weighted by Gasteiger charge is 2.19. The summed E-state index contributed by atoms with van der Waals surface area (Å²) in [4.78, 5) is 2.42. The summed E-state index contributed by atoms with van der Waals surface area (Å²) >= 11 is 0. The van der Waals surface area contributed by atoms with Crippen LogP contribution in [0, 0.1) is 0 Å². The molecule has 1 rings (SSSR count). The van der Waals surface area contributed by atoms with E-state index in [9.17, 15) is 0 Å². The highest BCUT2D eigenvalue weighted by atomic mass is 16.5. The molecular formula is C16H28N2O2. The van der Waals surface area contributed by atoms with Crippen molar-refractivity contribution in [2.24, 2.45) is 0 Å². The standard InChI is InChI=1S/C16H28N2O2/c1-14(12-17-16-8-6-5-7-9-16)18(10-11-19-3)15(2)13-20-4/h5-9,14-15,17H,10-13H2,1-4H3. The minimum Gasteiger partial charge on any atom is -0.383 e. The molecule has 0 aliphatic carbocycles. The Morgan fingerprint density at radius 3 is 2.35 bits per heavy atom. The quantitative estimate of drug-likeness (QED) is 0.714. The van der Waals surface area contributed by atoms with Gasteiger partial charge in [0.05, 0.1) is 13.2 Å². The first-order chi connectivity index (χ1) is 9.69. The highest BCUT2D eigenvalue weighted by molar-refractivity contribution is 5.42. The molecule has 4 heteroatoms. The van der Waals surface area contributed by atoms with Crippen molar-refractivity contribution in [1.82, 2.24) is 4.90 Å². The number of methoxy groups -OCH3 is 2. The summed E-state index contributed by atoms with van der Waals surface area (Å²) in [6, 6.07) is 11.1. The molecule has 1 aromatic rings. The van der Waals surface area contributed by atoms with Gasteiger partial charge >= 0.3 is 0 Å². The van der Waals surface area contributed by atoms with Gasteiger partial charge in [0, 0.05) is 45.1 Å². The summed E-state index contributed by atoms with van der Waals surface area (Å²) < 4.78 is 10.5. The van der Waals surface area contributed by atoms with Crippen LogP contribution in [-0.4, -0.2) is 57.5 Å². The van der Waals surface area contributed by atoms with Gasteiger partial charge in [-0.15, -0.1) is 0 Å². The number of nitrogens with zero attached hydrogens (tertiary/aromatic N) is 1. The average molecular weight is 280 g/mol. The van der Waals surface area contributed by atoms with E-state index in [0.717, 1.165) is 32.0 Å². The largest absolute Gasteiger partial charge is 0.383 e. The highest BCUT2D eigenvalue weighted by Crippen LogP contribution is 2.09. The summed E-state index contributed by atoms with van der Waals surface area (Å²) in [7, 11) is 3.49. The molecule has 0 aromatic heterocycles. The monoisotopic (exact) mass is 280 g/mol. The van der Waals surface area contributed by atoms with Gasteiger partial charge in [-0.25, -0.2) is 0 Å². The first-order valence-electron chi connectivity index (χ1n) is 7.21. The number of nitrogens with one attached hydrogen (secondary N) is 1. The third-order valence-electron chi connectivity index (χ3n) is 3.47. The topological polar surface area (TPSA) is 33.7 Å². The molecule has 0 aliphatic rings. The minimum absolute atomic E-state index is 0.378. The van der Waals surface area contributed by atoms with E-state index in [4.69, 9.17) is 9.47 Å². The third kappa shape index (κ3) is 5.90. The number of rotatable bonds is 10. The first kappa shape index (κ1) is 17.0. The molecule has 0 heterocycles. The van der Waals surface area contributed by atoms with Gasteiger partial charge < -0.3 is 14.8 Å². The Hall–Kier alpha value is -1.10. The minimum atomic E-state index is 0.378. The van der Waals surface area contributed by atoms with Crippen molar-refractivity contribution >= 4 is 5.69 Å². The summed E-state index contributed by atoms with van der Waals surface area (Å²) in [5.74, 6) is 0. The summed E-state index contributed by atoms with van der Waals surface area (Å²) in [5.41, 5.74) is 1.16. The molecule has 2 unspecified atom stereocenters. The fourth-order valence-electron chi connectivity index (χ4n) is 2.35. The van der Waals surface area contributed by atoms with Crippen LogP contribution in [0.2, 0.25) is 0 Å². The van der Waals surface area contributed by atoms with Crippen LogP contribution in [0.1, 0.15) is 13.8 Å². The van der Waals surface area contributed by atoms with Gasteiger partial charge in [-0.1, -0.05) is 18.2 Å². The molecule has 0 amide bonds. The lowest BCUT2D eigenvalue weighted by atomic mass is 10.2. The zero-order valence-corrected chi connectivity index (χ0v) is 13.1. The zero-order valence-electron chi connectivity index (χ0n) is 13.1. The van der Waals surface area contributed by atoms with Crippen LogP contribution in [0.25, 0.3) is 0 Å². The van der Waals surface area contributed by atoms with Crippen molar-refractivity contribution in [3.63, 3.8) is 0 Å². The van der Waals surface area contributed by atoms with Crippen molar-refractivity contribution < 1.29 is 9.47 Å². The SMILES string of the molecule is COCCN(C(C)CNc1ccccc1)C(C)COC. The molecule has 2 atom stereocenters. The number of hydrogen-bond acceptors (Lipinski definition) is 4. The first-order valence-corrected chi connectivity index (χ1v) is 7.21. The van der Waals surface area contributed by atoms with E-state index in [0.29, 0.717) is 12.1 Å². The number of hydrogen-bond donors (Lipinski definition) is 1. The summed E-state index contributed by atoms with van der Waals surface area (Å²) in [6.45, 7) is 7.72. The number of benzene rings is 1. The molecule has 114 valence electrons. The lowest BCUT2D eigenvalue weighted by molar-refractivity contribution is 0.0550. The van der Waals surface area contributed by atoms with E-state index in [1.54, 1.807) is 14.2 Å². The normalized spacial score (nSPS) is 14.2. The van der Waals surface area contributed by atoms with Crippen LogP contribution >= 0.6 is 0 Å². The van der Waals surface area contributed by atoms with Crippen LogP contribution in [0.5, 0.6) is 0 Å². The van der Waals surface area contributed by atoms with Gasteiger partial charge in [0.1, 0.15) is 0 Å². The Kier molecular flexibility index (Phi) is 8.26.